The number of aromatic nitrogens is 2. The molecule has 14 heavy (non-hydrogen) atoms. The minimum atomic E-state index is 0.906. The van der Waals surface area contributed by atoms with Crippen LogP contribution in [0.2, 0.25) is 0 Å². The highest BCUT2D eigenvalue weighted by molar-refractivity contribution is 5.20. The van der Waals surface area contributed by atoms with Gasteiger partial charge >= 0.3 is 0 Å². The van der Waals surface area contributed by atoms with Gasteiger partial charge < -0.3 is 0 Å². The summed E-state index contributed by atoms with van der Waals surface area (Å²) in [4.78, 5) is 3.98. The van der Waals surface area contributed by atoms with Gasteiger partial charge in [-0.2, -0.15) is 4.57 Å². The first kappa shape index (κ1) is 8.88. The number of rotatable bonds is 2. The Labute approximate surface area is 83.9 Å². The second-order valence-electron chi connectivity index (χ2n) is 3.40. The molecule has 0 unspecified atom stereocenters. The summed E-state index contributed by atoms with van der Waals surface area (Å²) >= 11 is 0. The highest BCUT2D eigenvalue weighted by Gasteiger charge is 1.99. The van der Waals surface area contributed by atoms with Gasteiger partial charge in [0.1, 0.15) is 0 Å². The molecule has 0 aliphatic heterocycles. The molecule has 0 aliphatic carbocycles. The molecule has 0 atom stereocenters. The Morgan fingerprint density at radius 3 is 2.36 bits per heavy atom. The lowest BCUT2D eigenvalue weighted by atomic mass is 10.1. The van der Waals surface area contributed by atoms with E-state index >= 15 is 0 Å². The summed E-state index contributed by atoms with van der Waals surface area (Å²) in [6, 6.07) is 8.58. The fourth-order valence-corrected chi connectivity index (χ4v) is 1.36. The van der Waals surface area contributed by atoms with Crippen LogP contribution in [0.5, 0.6) is 0 Å². The maximum Gasteiger partial charge on any atom is 0.187 e. The minimum Gasteiger partial charge on any atom is -0.252 e. The third-order valence-electron chi connectivity index (χ3n) is 2.17. The summed E-state index contributed by atoms with van der Waals surface area (Å²) in [6.07, 6.45) is 7.54. The third-order valence-corrected chi connectivity index (χ3v) is 2.17. The van der Waals surface area contributed by atoms with Crippen LogP contribution >= 0.6 is 0 Å². The lowest BCUT2D eigenvalue weighted by Gasteiger charge is -1.97. The predicted octanol–water partition coefficient (Wildman–Crippen LogP) is 1.73. The molecule has 0 saturated carbocycles. The fraction of sp³-hybridized carbons (Fsp3) is 0.167. The molecule has 0 fully saturated rings. The Balaban J connectivity index is 2.16. The number of benzene rings is 1. The molecule has 70 valence electrons. The van der Waals surface area contributed by atoms with Crippen LogP contribution in [-0.2, 0) is 6.54 Å². The Bertz CT molecular complexity index is 392. The minimum absolute atomic E-state index is 0.906. The molecule has 0 amide bonds. The molecule has 1 aromatic heterocycles. The first-order valence-electron chi connectivity index (χ1n) is 4.69. The zero-order valence-corrected chi connectivity index (χ0v) is 8.22. The monoisotopic (exact) mass is 185 g/mol. The Hall–Kier alpha value is -1.70. The fourth-order valence-electron chi connectivity index (χ4n) is 1.36. The molecular weight excluding hydrogens is 172 g/mol. The maximum absolute atomic E-state index is 3.98. The summed E-state index contributed by atoms with van der Waals surface area (Å²) in [6.45, 7) is 3.01. The molecule has 2 rings (SSSR count). The van der Waals surface area contributed by atoms with Crippen molar-refractivity contribution in [2.45, 2.75) is 13.5 Å². The van der Waals surface area contributed by atoms with Crippen LogP contribution in [0, 0.1) is 6.92 Å². The summed E-state index contributed by atoms with van der Waals surface area (Å²) in [5.74, 6) is 0. The normalized spacial score (nSPS) is 10.1. The van der Waals surface area contributed by atoms with E-state index in [0.717, 1.165) is 6.54 Å². The maximum atomic E-state index is 3.98. The largest absolute Gasteiger partial charge is 0.252 e. The topological polar surface area (TPSA) is 16.8 Å². The molecule has 1 aromatic carbocycles. The molecular formula is C12H13N2+. The quantitative estimate of drug-likeness (QED) is 0.651. The van der Waals surface area contributed by atoms with E-state index in [1.807, 2.05) is 12.4 Å². The zero-order chi connectivity index (χ0) is 9.80. The van der Waals surface area contributed by atoms with Crippen LogP contribution in [-0.4, -0.2) is 4.98 Å². The SMILES string of the molecule is Cc1ccc(C[n+]2ccncc2)cc1. The first-order valence-corrected chi connectivity index (χ1v) is 4.69. The molecule has 0 N–H and O–H groups in total. The van der Waals surface area contributed by atoms with E-state index in [1.165, 1.54) is 11.1 Å². The van der Waals surface area contributed by atoms with Gasteiger partial charge in [-0.25, -0.2) is 0 Å². The van der Waals surface area contributed by atoms with Gasteiger partial charge in [0.05, 0.1) is 12.4 Å². The van der Waals surface area contributed by atoms with Crippen molar-refractivity contribution < 1.29 is 4.57 Å². The highest BCUT2D eigenvalue weighted by atomic mass is 14.9. The highest BCUT2D eigenvalue weighted by Crippen LogP contribution is 2.01. The van der Waals surface area contributed by atoms with E-state index in [4.69, 9.17) is 0 Å². The molecule has 0 aliphatic rings. The molecule has 0 saturated heterocycles. The van der Waals surface area contributed by atoms with E-state index in [2.05, 4.69) is 40.7 Å². The van der Waals surface area contributed by atoms with Crippen molar-refractivity contribution in [2.24, 2.45) is 0 Å². The number of hydrogen-bond donors (Lipinski definition) is 0. The van der Waals surface area contributed by atoms with Crippen molar-refractivity contribution in [3.05, 3.63) is 60.2 Å². The van der Waals surface area contributed by atoms with Crippen LogP contribution in [0.3, 0.4) is 0 Å². The second-order valence-corrected chi connectivity index (χ2v) is 3.40. The van der Waals surface area contributed by atoms with E-state index in [0.29, 0.717) is 0 Å². The van der Waals surface area contributed by atoms with E-state index < -0.39 is 0 Å². The molecule has 0 bridgehead atoms. The molecule has 1 heterocycles. The zero-order valence-electron chi connectivity index (χ0n) is 8.22. The van der Waals surface area contributed by atoms with Crippen molar-refractivity contribution in [1.29, 1.82) is 0 Å². The van der Waals surface area contributed by atoms with Gasteiger partial charge in [-0.1, -0.05) is 29.8 Å². The number of hydrogen-bond acceptors (Lipinski definition) is 1. The van der Waals surface area contributed by atoms with Gasteiger partial charge in [0.15, 0.2) is 18.9 Å². The molecule has 2 aromatic rings. The standard InChI is InChI=1S/C12H13N2/c1-11-2-4-12(5-3-11)10-14-8-6-13-7-9-14/h2-9H,10H2,1H3/q+1. The van der Waals surface area contributed by atoms with Gasteiger partial charge in [-0.3, -0.25) is 4.98 Å². The molecule has 0 radical (unpaired) electrons. The average molecular weight is 185 g/mol. The van der Waals surface area contributed by atoms with Gasteiger partial charge in [0.2, 0.25) is 0 Å². The number of nitrogens with zero attached hydrogens (tertiary/aromatic N) is 2. The van der Waals surface area contributed by atoms with Crippen molar-refractivity contribution in [3.8, 4) is 0 Å². The number of aryl methyl sites for hydroxylation is 1. The summed E-state index contributed by atoms with van der Waals surface area (Å²) < 4.78 is 2.11. The van der Waals surface area contributed by atoms with E-state index in [-0.39, 0.29) is 0 Å². The van der Waals surface area contributed by atoms with Gasteiger partial charge in [0.25, 0.3) is 0 Å². The van der Waals surface area contributed by atoms with Crippen LogP contribution in [0.4, 0.5) is 0 Å². The van der Waals surface area contributed by atoms with Gasteiger partial charge in [0, 0.05) is 5.56 Å². The lowest BCUT2D eigenvalue weighted by molar-refractivity contribution is -0.688. The second kappa shape index (κ2) is 4.01. The third kappa shape index (κ3) is 2.16. The average Bonchev–Trinajstić information content (AvgIpc) is 2.23. The van der Waals surface area contributed by atoms with Crippen LogP contribution < -0.4 is 4.57 Å². The predicted molar refractivity (Wildman–Crippen MR) is 54.7 cm³/mol. The van der Waals surface area contributed by atoms with Gasteiger partial charge in [-0.05, 0) is 6.92 Å². The van der Waals surface area contributed by atoms with Crippen molar-refractivity contribution in [1.82, 2.24) is 4.98 Å². The van der Waals surface area contributed by atoms with E-state index in [9.17, 15) is 0 Å². The smallest absolute Gasteiger partial charge is 0.187 e. The Morgan fingerprint density at radius 2 is 1.71 bits per heavy atom. The summed E-state index contributed by atoms with van der Waals surface area (Å²) in [7, 11) is 0. The van der Waals surface area contributed by atoms with Crippen molar-refractivity contribution in [3.63, 3.8) is 0 Å². The van der Waals surface area contributed by atoms with Crippen molar-refractivity contribution >= 4 is 0 Å². The van der Waals surface area contributed by atoms with E-state index in [1.54, 1.807) is 12.4 Å². The molecule has 0 spiro atoms. The lowest BCUT2D eigenvalue weighted by Crippen LogP contribution is -2.33. The Morgan fingerprint density at radius 1 is 1.07 bits per heavy atom. The Kier molecular flexibility index (Phi) is 2.54. The van der Waals surface area contributed by atoms with Crippen LogP contribution in [0.15, 0.2) is 49.1 Å². The summed E-state index contributed by atoms with van der Waals surface area (Å²) in [5.41, 5.74) is 2.61. The first-order chi connectivity index (χ1) is 6.84. The van der Waals surface area contributed by atoms with Crippen molar-refractivity contribution in [2.75, 3.05) is 0 Å². The summed E-state index contributed by atoms with van der Waals surface area (Å²) in [5, 5.41) is 0. The van der Waals surface area contributed by atoms with Gasteiger partial charge in [-0.15, -0.1) is 0 Å². The van der Waals surface area contributed by atoms with Crippen LogP contribution in [0.25, 0.3) is 0 Å². The van der Waals surface area contributed by atoms with Crippen LogP contribution in [0.1, 0.15) is 11.1 Å². The molecule has 2 heteroatoms. The molecule has 2 nitrogen and oxygen atoms in total.